The minimum Gasteiger partial charge on any atom is -0.353 e. The third kappa shape index (κ3) is 4.27. The zero-order valence-electron chi connectivity index (χ0n) is 16.1. The number of carbonyl (C=O) groups excluding carboxylic acids is 2. The highest BCUT2D eigenvalue weighted by molar-refractivity contribution is 6.09. The quantitative estimate of drug-likeness (QED) is 0.845. The van der Waals surface area contributed by atoms with Gasteiger partial charge in [0.2, 0.25) is 11.8 Å². The van der Waals surface area contributed by atoms with Gasteiger partial charge in [-0.3, -0.25) is 9.59 Å². The standard InChI is InChI=1S/C21H26N4O2/c1-16-7-9-17(10-8-16)23-19(26)21(2,3)20(27)25-14-12-24(13-15-25)18-6-4-5-11-22-18/h4-11H,12-15H2,1-3H3,(H,23,26). The number of piperazine rings is 1. The maximum atomic E-state index is 13.0. The number of aromatic nitrogens is 1. The topological polar surface area (TPSA) is 65.5 Å². The molecule has 6 heteroatoms. The molecule has 0 saturated carbocycles. The van der Waals surface area contributed by atoms with Crippen LogP contribution in [0.2, 0.25) is 0 Å². The first-order valence-corrected chi connectivity index (χ1v) is 9.21. The third-order valence-electron chi connectivity index (χ3n) is 4.95. The number of hydrogen-bond donors (Lipinski definition) is 1. The van der Waals surface area contributed by atoms with Crippen molar-refractivity contribution >= 4 is 23.3 Å². The molecule has 3 rings (SSSR count). The second-order valence-corrected chi connectivity index (χ2v) is 7.41. The Balaban J connectivity index is 1.60. The molecular formula is C21H26N4O2. The average molecular weight is 366 g/mol. The van der Waals surface area contributed by atoms with Crippen LogP contribution < -0.4 is 10.2 Å². The summed E-state index contributed by atoms with van der Waals surface area (Å²) in [6, 6.07) is 13.4. The maximum Gasteiger partial charge on any atom is 0.239 e. The van der Waals surface area contributed by atoms with E-state index in [-0.39, 0.29) is 11.8 Å². The number of nitrogens with one attached hydrogen (secondary N) is 1. The first kappa shape index (κ1) is 18.9. The molecule has 0 spiro atoms. The summed E-state index contributed by atoms with van der Waals surface area (Å²) in [7, 11) is 0. The van der Waals surface area contributed by atoms with Gasteiger partial charge in [-0.15, -0.1) is 0 Å². The lowest BCUT2D eigenvalue weighted by molar-refractivity contribution is -0.146. The van der Waals surface area contributed by atoms with Gasteiger partial charge in [-0.2, -0.15) is 0 Å². The largest absolute Gasteiger partial charge is 0.353 e. The van der Waals surface area contributed by atoms with Crippen LogP contribution in [0.1, 0.15) is 19.4 Å². The zero-order chi connectivity index (χ0) is 19.4. The molecule has 2 aromatic rings. The molecule has 2 heterocycles. The third-order valence-corrected chi connectivity index (χ3v) is 4.95. The van der Waals surface area contributed by atoms with Crippen LogP contribution in [-0.4, -0.2) is 47.9 Å². The molecule has 1 aliphatic heterocycles. The molecule has 142 valence electrons. The average Bonchev–Trinajstić information content (AvgIpc) is 2.70. The van der Waals surface area contributed by atoms with Crippen LogP contribution >= 0.6 is 0 Å². The van der Waals surface area contributed by atoms with E-state index in [0.717, 1.165) is 11.4 Å². The predicted octanol–water partition coefficient (Wildman–Crippen LogP) is 2.70. The Hall–Kier alpha value is -2.89. The van der Waals surface area contributed by atoms with Crippen molar-refractivity contribution < 1.29 is 9.59 Å². The number of rotatable bonds is 4. The lowest BCUT2D eigenvalue weighted by Crippen LogP contribution is -2.54. The van der Waals surface area contributed by atoms with Crippen molar-refractivity contribution in [3.05, 3.63) is 54.2 Å². The van der Waals surface area contributed by atoms with Gasteiger partial charge in [-0.1, -0.05) is 23.8 Å². The van der Waals surface area contributed by atoms with Gasteiger partial charge in [0.05, 0.1) is 0 Å². The summed E-state index contributed by atoms with van der Waals surface area (Å²) in [5.74, 6) is 0.484. The van der Waals surface area contributed by atoms with E-state index >= 15 is 0 Å². The van der Waals surface area contributed by atoms with E-state index < -0.39 is 5.41 Å². The van der Waals surface area contributed by atoms with E-state index in [1.807, 2.05) is 49.4 Å². The number of aryl methyl sites for hydroxylation is 1. The smallest absolute Gasteiger partial charge is 0.239 e. The highest BCUT2D eigenvalue weighted by Gasteiger charge is 2.40. The van der Waals surface area contributed by atoms with Crippen molar-refractivity contribution in [2.24, 2.45) is 5.41 Å². The molecule has 0 aliphatic carbocycles. The number of anilines is 2. The van der Waals surface area contributed by atoms with Gasteiger partial charge in [0, 0.05) is 38.1 Å². The molecule has 6 nitrogen and oxygen atoms in total. The van der Waals surface area contributed by atoms with Crippen molar-refractivity contribution in [1.29, 1.82) is 0 Å². The van der Waals surface area contributed by atoms with E-state index in [2.05, 4.69) is 15.2 Å². The number of nitrogens with zero attached hydrogens (tertiary/aromatic N) is 3. The number of amides is 2. The summed E-state index contributed by atoms with van der Waals surface area (Å²) < 4.78 is 0. The predicted molar refractivity (Wildman–Crippen MR) is 107 cm³/mol. The van der Waals surface area contributed by atoms with Crippen molar-refractivity contribution in [2.75, 3.05) is 36.4 Å². The molecule has 0 radical (unpaired) electrons. The van der Waals surface area contributed by atoms with Crippen LogP contribution in [0.4, 0.5) is 11.5 Å². The van der Waals surface area contributed by atoms with Gasteiger partial charge in [-0.05, 0) is 45.0 Å². The molecule has 27 heavy (non-hydrogen) atoms. The van der Waals surface area contributed by atoms with Crippen LogP contribution in [0, 0.1) is 12.3 Å². The minimum atomic E-state index is -1.13. The molecule has 1 aromatic heterocycles. The van der Waals surface area contributed by atoms with Gasteiger partial charge in [0.15, 0.2) is 0 Å². The van der Waals surface area contributed by atoms with Gasteiger partial charge in [-0.25, -0.2) is 4.98 Å². The second-order valence-electron chi connectivity index (χ2n) is 7.41. The van der Waals surface area contributed by atoms with Crippen molar-refractivity contribution in [2.45, 2.75) is 20.8 Å². The highest BCUT2D eigenvalue weighted by Crippen LogP contribution is 2.24. The number of benzene rings is 1. The Morgan fingerprint density at radius 2 is 1.67 bits per heavy atom. The highest BCUT2D eigenvalue weighted by atomic mass is 16.2. The Bertz CT molecular complexity index is 795. The number of pyridine rings is 1. The van der Waals surface area contributed by atoms with Crippen molar-refractivity contribution in [1.82, 2.24) is 9.88 Å². The van der Waals surface area contributed by atoms with Gasteiger partial charge < -0.3 is 15.1 Å². The Morgan fingerprint density at radius 3 is 2.26 bits per heavy atom. The van der Waals surface area contributed by atoms with E-state index in [4.69, 9.17) is 0 Å². The summed E-state index contributed by atoms with van der Waals surface area (Å²) >= 11 is 0. The molecule has 1 N–H and O–H groups in total. The second kappa shape index (κ2) is 7.78. The van der Waals surface area contributed by atoms with E-state index in [9.17, 15) is 9.59 Å². The fourth-order valence-electron chi connectivity index (χ4n) is 3.10. The zero-order valence-corrected chi connectivity index (χ0v) is 16.1. The van der Waals surface area contributed by atoms with E-state index in [1.165, 1.54) is 0 Å². The van der Waals surface area contributed by atoms with Crippen LogP contribution in [0.25, 0.3) is 0 Å². The van der Waals surface area contributed by atoms with Crippen LogP contribution in [0.5, 0.6) is 0 Å². The minimum absolute atomic E-state index is 0.146. The summed E-state index contributed by atoms with van der Waals surface area (Å²) in [6.07, 6.45) is 1.77. The molecule has 1 aromatic carbocycles. The fourth-order valence-corrected chi connectivity index (χ4v) is 3.10. The summed E-state index contributed by atoms with van der Waals surface area (Å²) in [4.78, 5) is 34.0. The summed E-state index contributed by atoms with van der Waals surface area (Å²) in [5, 5.41) is 2.86. The molecule has 2 amide bonds. The molecular weight excluding hydrogens is 340 g/mol. The molecule has 0 atom stereocenters. The van der Waals surface area contributed by atoms with Crippen molar-refractivity contribution in [3.63, 3.8) is 0 Å². The first-order valence-electron chi connectivity index (χ1n) is 9.21. The van der Waals surface area contributed by atoms with Gasteiger partial charge >= 0.3 is 0 Å². The van der Waals surface area contributed by atoms with Crippen LogP contribution in [-0.2, 0) is 9.59 Å². The Labute approximate surface area is 160 Å². The van der Waals surface area contributed by atoms with Crippen LogP contribution in [0.3, 0.4) is 0 Å². The monoisotopic (exact) mass is 366 g/mol. The Morgan fingerprint density at radius 1 is 1.00 bits per heavy atom. The first-order chi connectivity index (χ1) is 12.9. The van der Waals surface area contributed by atoms with Crippen molar-refractivity contribution in [3.8, 4) is 0 Å². The lowest BCUT2D eigenvalue weighted by Gasteiger charge is -2.38. The molecule has 1 aliphatic rings. The SMILES string of the molecule is Cc1ccc(NC(=O)C(C)(C)C(=O)N2CCN(c3ccccn3)CC2)cc1. The van der Waals surface area contributed by atoms with Gasteiger partial charge in [0.1, 0.15) is 11.2 Å². The maximum absolute atomic E-state index is 13.0. The van der Waals surface area contributed by atoms with E-state index in [0.29, 0.717) is 31.9 Å². The molecule has 1 fully saturated rings. The normalized spacial score (nSPS) is 14.8. The Kier molecular flexibility index (Phi) is 5.44. The number of hydrogen-bond acceptors (Lipinski definition) is 4. The number of carbonyl (C=O) groups is 2. The summed E-state index contributed by atoms with van der Waals surface area (Å²) in [5.41, 5.74) is 0.693. The molecule has 0 unspecified atom stereocenters. The fraction of sp³-hybridized carbons (Fsp3) is 0.381. The van der Waals surface area contributed by atoms with Crippen LogP contribution in [0.15, 0.2) is 48.7 Å². The van der Waals surface area contributed by atoms with E-state index in [1.54, 1.807) is 24.9 Å². The molecule has 0 bridgehead atoms. The summed E-state index contributed by atoms with van der Waals surface area (Å²) in [6.45, 7) is 7.93. The lowest BCUT2D eigenvalue weighted by atomic mass is 9.89. The molecule has 1 saturated heterocycles. The van der Waals surface area contributed by atoms with Gasteiger partial charge in [0.25, 0.3) is 0 Å².